The molecule has 3 N–H and O–H groups in total. The van der Waals surface area contributed by atoms with Crippen molar-refractivity contribution in [1.29, 1.82) is 0 Å². The molecule has 92 valence electrons. The summed E-state index contributed by atoms with van der Waals surface area (Å²) >= 11 is 0. The molecule has 1 aliphatic heterocycles. The molecule has 1 heterocycles. The maximum absolute atomic E-state index is 11.8. The Morgan fingerprint density at radius 3 is 2.76 bits per heavy atom. The van der Waals surface area contributed by atoms with Crippen molar-refractivity contribution >= 4 is 11.6 Å². The quantitative estimate of drug-likeness (QED) is 0.768. The molecule has 0 saturated carbocycles. The summed E-state index contributed by atoms with van der Waals surface area (Å²) in [6.07, 6.45) is 2.39. The van der Waals surface area contributed by atoms with Crippen LogP contribution in [0.25, 0.3) is 0 Å². The molecule has 2 rings (SSSR count). The molecule has 1 atom stereocenters. The van der Waals surface area contributed by atoms with E-state index in [1.165, 1.54) is 12.8 Å². The number of nitrogen functional groups attached to an aromatic ring is 1. The number of carbonyl (C=O) groups excluding carboxylic acids is 1. The first-order valence-corrected chi connectivity index (χ1v) is 6.01. The van der Waals surface area contributed by atoms with Crippen LogP contribution < -0.4 is 11.1 Å². The summed E-state index contributed by atoms with van der Waals surface area (Å²) in [7, 11) is 2.10. The number of benzene rings is 1. The third kappa shape index (κ3) is 2.97. The van der Waals surface area contributed by atoms with Crippen molar-refractivity contribution in [3.8, 4) is 0 Å². The average molecular weight is 233 g/mol. The second-order valence-corrected chi connectivity index (χ2v) is 4.61. The maximum atomic E-state index is 11.8. The van der Waals surface area contributed by atoms with E-state index in [9.17, 15) is 4.79 Å². The van der Waals surface area contributed by atoms with Gasteiger partial charge in [-0.15, -0.1) is 0 Å². The molecule has 4 nitrogen and oxygen atoms in total. The summed E-state index contributed by atoms with van der Waals surface area (Å²) in [5, 5.41) is 2.97. The molecule has 1 amide bonds. The van der Waals surface area contributed by atoms with Gasteiger partial charge in [-0.2, -0.15) is 0 Å². The normalized spacial score (nSPS) is 20.4. The zero-order valence-electron chi connectivity index (χ0n) is 10.1. The lowest BCUT2D eigenvalue weighted by atomic mass is 10.2. The Hall–Kier alpha value is -1.55. The molecule has 0 aromatic heterocycles. The highest BCUT2D eigenvalue weighted by Gasteiger charge is 2.21. The Bertz CT molecular complexity index is 388. The molecule has 4 heteroatoms. The van der Waals surface area contributed by atoms with Crippen LogP contribution in [0.2, 0.25) is 0 Å². The Kier molecular flexibility index (Phi) is 3.64. The zero-order chi connectivity index (χ0) is 12.3. The van der Waals surface area contributed by atoms with Crippen LogP contribution in [0, 0.1) is 0 Å². The van der Waals surface area contributed by atoms with Gasteiger partial charge in [0.2, 0.25) is 0 Å². The van der Waals surface area contributed by atoms with E-state index in [1.807, 2.05) is 0 Å². The van der Waals surface area contributed by atoms with Crippen molar-refractivity contribution in [3.63, 3.8) is 0 Å². The van der Waals surface area contributed by atoms with Gasteiger partial charge in [0.25, 0.3) is 5.91 Å². The molecule has 1 saturated heterocycles. The number of likely N-dealkylation sites (N-methyl/N-ethyl adjacent to an activating group) is 1. The van der Waals surface area contributed by atoms with Crippen molar-refractivity contribution < 1.29 is 4.79 Å². The van der Waals surface area contributed by atoms with Gasteiger partial charge in [-0.25, -0.2) is 0 Å². The number of nitrogens with two attached hydrogens (primary N) is 1. The monoisotopic (exact) mass is 233 g/mol. The number of rotatable bonds is 3. The number of nitrogens with one attached hydrogen (secondary N) is 1. The van der Waals surface area contributed by atoms with Gasteiger partial charge in [0, 0.05) is 23.8 Å². The third-order valence-corrected chi connectivity index (χ3v) is 3.34. The second kappa shape index (κ2) is 5.19. The van der Waals surface area contributed by atoms with Gasteiger partial charge in [-0.1, -0.05) is 0 Å². The van der Waals surface area contributed by atoms with Crippen LogP contribution >= 0.6 is 0 Å². The van der Waals surface area contributed by atoms with E-state index in [0.717, 1.165) is 13.1 Å². The molecule has 17 heavy (non-hydrogen) atoms. The largest absolute Gasteiger partial charge is 0.399 e. The van der Waals surface area contributed by atoms with Gasteiger partial charge in [0.05, 0.1) is 0 Å². The van der Waals surface area contributed by atoms with E-state index in [0.29, 0.717) is 17.3 Å². The minimum atomic E-state index is -0.0229. The molecule has 1 unspecified atom stereocenters. The summed E-state index contributed by atoms with van der Waals surface area (Å²) in [6, 6.07) is 7.48. The van der Waals surface area contributed by atoms with Crippen LogP contribution in [-0.4, -0.2) is 37.0 Å². The second-order valence-electron chi connectivity index (χ2n) is 4.61. The van der Waals surface area contributed by atoms with Crippen LogP contribution in [0.15, 0.2) is 24.3 Å². The molecule has 0 aliphatic carbocycles. The predicted octanol–water partition coefficient (Wildman–Crippen LogP) is 1.09. The van der Waals surface area contributed by atoms with Gasteiger partial charge in [-0.05, 0) is 50.7 Å². The number of carbonyl (C=O) groups is 1. The molecule has 1 aromatic carbocycles. The lowest BCUT2D eigenvalue weighted by Gasteiger charge is -2.19. The summed E-state index contributed by atoms with van der Waals surface area (Å²) < 4.78 is 0. The molecule has 0 spiro atoms. The SMILES string of the molecule is CN1CCCC1CNC(=O)c1ccc(N)cc1. The topological polar surface area (TPSA) is 58.4 Å². The number of hydrogen-bond acceptors (Lipinski definition) is 3. The Balaban J connectivity index is 1.87. The zero-order valence-corrected chi connectivity index (χ0v) is 10.1. The van der Waals surface area contributed by atoms with Crippen LogP contribution in [0.1, 0.15) is 23.2 Å². The molecular formula is C13H19N3O. The van der Waals surface area contributed by atoms with Crippen molar-refractivity contribution in [2.24, 2.45) is 0 Å². The Morgan fingerprint density at radius 1 is 1.47 bits per heavy atom. The maximum Gasteiger partial charge on any atom is 0.251 e. The standard InChI is InChI=1S/C13H19N3O/c1-16-8-2-3-12(16)9-15-13(17)10-4-6-11(14)7-5-10/h4-7,12H,2-3,8-9,14H2,1H3,(H,15,17). The van der Waals surface area contributed by atoms with Crippen molar-refractivity contribution in [2.75, 3.05) is 25.9 Å². The predicted molar refractivity (Wildman–Crippen MR) is 68.8 cm³/mol. The van der Waals surface area contributed by atoms with Crippen LogP contribution in [-0.2, 0) is 0 Å². The highest BCUT2D eigenvalue weighted by Crippen LogP contribution is 2.13. The molecule has 0 radical (unpaired) electrons. The van der Waals surface area contributed by atoms with Crippen molar-refractivity contribution in [2.45, 2.75) is 18.9 Å². The molecule has 1 fully saturated rings. The first-order valence-electron chi connectivity index (χ1n) is 6.01. The number of nitrogens with zero attached hydrogens (tertiary/aromatic N) is 1. The summed E-state index contributed by atoms with van der Waals surface area (Å²) in [6.45, 7) is 1.85. The highest BCUT2D eigenvalue weighted by molar-refractivity contribution is 5.94. The fraction of sp³-hybridized carbons (Fsp3) is 0.462. The minimum absolute atomic E-state index is 0.0229. The highest BCUT2D eigenvalue weighted by atomic mass is 16.1. The lowest BCUT2D eigenvalue weighted by molar-refractivity contribution is 0.0943. The molecular weight excluding hydrogens is 214 g/mol. The summed E-state index contributed by atoms with van der Waals surface area (Å²) in [5.74, 6) is -0.0229. The fourth-order valence-electron chi connectivity index (χ4n) is 2.18. The molecule has 0 bridgehead atoms. The number of likely N-dealkylation sites (tertiary alicyclic amines) is 1. The molecule has 1 aromatic rings. The van der Waals surface area contributed by atoms with Crippen molar-refractivity contribution in [3.05, 3.63) is 29.8 Å². The lowest BCUT2D eigenvalue weighted by Crippen LogP contribution is -2.38. The number of hydrogen-bond donors (Lipinski definition) is 2. The van der Waals surface area contributed by atoms with Gasteiger partial charge in [0.15, 0.2) is 0 Å². The number of anilines is 1. The Morgan fingerprint density at radius 2 is 2.18 bits per heavy atom. The smallest absolute Gasteiger partial charge is 0.251 e. The van der Waals surface area contributed by atoms with Crippen LogP contribution in [0.5, 0.6) is 0 Å². The summed E-state index contributed by atoms with van der Waals surface area (Å²) in [4.78, 5) is 14.1. The van der Waals surface area contributed by atoms with Gasteiger partial charge >= 0.3 is 0 Å². The first-order chi connectivity index (χ1) is 8.16. The summed E-state index contributed by atoms with van der Waals surface area (Å²) in [5.41, 5.74) is 6.92. The van der Waals surface area contributed by atoms with Gasteiger partial charge in [-0.3, -0.25) is 4.79 Å². The van der Waals surface area contributed by atoms with Gasteiger partial charge in [0.1, 0.15) is 0 Å². The Labute approximate surface area is 102 Å². The van der Waals surface area contributed by atoms with Gasteiger partial charge < -0.3 is 16.0 Å². The van der Waals surface area contributed by atoms with E-state index in [2.05, 4.69) is 17.3 Å². The van der Waals surface area contributed by atoms with E-state index in [-0.39, 0.29) is 5.91 Å². The number of amides is 1. The fourth-order valence-corrected chi connectivity index (χ4v) is 2.18. The minimum Gasteiger partial charge on any atom is -0.399 e. The average Bonchev–Trinajstić information content (AvgIpc) is 2.73. The van der Waals surface area contributed by atoms with Crippen molar-refractivity contribution in [1.82, 2.24) is 10.2 Å². The van der Waals surface area contributed by atoms with E-state index < -0.39 is 0 Å². The first kappa shape index (κ1) is 11.9. The van der Waals surface area contributed by atoms with E-state index in [1.54, 1.807) is 24.3 Å². The van der Waals surface area contributed by atoms with Crippen LogP contribution in [0.4, 0.5) is 5.69 Å². The van der Waals surface area contributed by atoms with E-state index >= 15 is 0 Å². The molecule has 1 aliphatic rings. The van der Waals surface area contributed by atoms with Crippen LogP contribution in [0.3, 0.4) is 0 Å². The van der Waals surface area contributed by atoms with E-state index in [4.69, 9.17) is 5.73 Å². The third-order valence-electron chi connectivity index (χ3n) is 3.34.